The van der Waals surface area contributed by atoms with Crippen molar-refractivity contribution in [3.8, 4) is 17.3 Å². The number of amides is 2. The maximum Gasteiger partial charge on any atom is 0.321 e. The van der Waals surface area contributed by atoms with Gasteiger partial charge >= 0.3 is 6.03 Å². The molecule has 2 fully saturated rings. The molecule has 0 unspecified atom stereocenters. The summed E-state index contributed by atoms with van der Waals surface area (Å²) in [5, 5.41) is 11.8. The standard InChI is InChI=1S/C27H26ClN7O2/c28-21-4-7-23(8-5-21)37-24-3-1-2-19(14-24)16-33-13-10-20-17-34(18-25(20)33)27(36)32-22-6-9-26(29-15-22)35-30-11-12-31-35/h1-9,11-12,14-15,20,25H,10,13,16-18H2,(H,32,36)/t20-,25+/m0/s1. The molecule has 1 N–H and O–H groups in total. The molecular weight excluding hydrogens is 490 g/mol. The summed E-state index contributed by atoms with van der Waals surface area (Å²) in [4.78, 5) is 23.1. The SMILES string of the molecule is O=C(Nc1ccc(-n2nccn2)nc1)N1C[C@@H]2CCN(Cc3cccc(Oc4ccc(Cl)cc4)c3)[C@@H]2C1. The number of likely N-dealkylation sites (tertiary alicyclic amines) is 2. The quantitative estimate of drug-likeness (QED) is 0.395. The molecule has 6 rings (SSSR count). The van der Waals surface area contributed by atoms with Crippen molar-refractivity contribution < 1.29 is 9.53 Å². The molecule has 0 spiro atoms. The Labute approximate surface area is 219 Å². The minimum Gasteiger partial charge on any atom is -0.457 e. The molecule has 2 saturated heterocycles. The molecule has 2 aromatic heterocycles. The number of anilines is 1. The Kier molecular flexibility index (Phi) is 6.46. The van der Waals surface area contributed by atoms with E-state index in [4.69, 9.17) is 16.3 Å². The number of hydrogen-bond acceptors (Lipinski definition) is 6. The Hall–Kier alpha value is -3.95. The van der Waals surface area contributed by atoms with Gasteiger partial charge in [-0.1, -0.05) is 23.7 Å². The zero-order valence-electron chi connectivity index (χ0n) is 20.1. The number of pyridine rings is 1. The Morgan fingerprint density at radius 2 is 1.86 bits per heavy atom. The van der Waals surface area contributed by atoms with Crippen molar-refractivity contribution >= 4 is 23.3 Å². The first-order chi connectivity index (χ1) is 18.1. The second kappa shape index (κ2) is 10.2. The highest BCUT2D eigenvalue weighted by molar-refractivity contribution is 6.30. The van der Waals surface area contributed by atoms with Crippen molar-refractivity contribution in [2.24, 2.45) is 5.92 Å². The maximum atomic E-state index is 13.0. The van der Waals surface area contributed by atoms with Crippen molar-refractivity contribution in [3.63, 3.8) is 0 Å². The molecule has 2 amide bonds. The Bertz CT molecular complexity index is 1360. The zero-order chi connectivity index (χ0) is 25.2. The molecule has 2 aliphatic heterocycles. The topological polar surface area (TPSA) is 88.4 Å². The molecule has 10 heteroatoms. The largest absolute Gasteiger partial charge is 0.457 e. The van der Waals surface area contributed by atoms with E-state index in [-0.39, 0.29) is 6.03 Å². The molecule has 0 radical (unpaired) electrons. The van der Waals surface area contributed by atoms with E-state index in [0.29, 0.717) is 35.0 Å². The lowest BCUT2D eigenvalue weighted by molar-refractivity contribution is 0.204. The summed E-state index contributed by atoms with van der Waals surface area (Å²) in [5.41, 5.74) is 1.83. The average Bonchev–Trinajstić information content (AvgIpc) is 3.66. The third kappa shape index (κ3) is 5.28. The lowest BCUT2D eigenvalue weighted by Gasteiger charge is -2.25. The van der Waals surface area contributed by atoms with Crippen LogP contribution in [0.3, 0.4) is 0 Å². The molecule has 2 aliphatic rings. The fraction of sp³-hybridized carbons (Fsp3) is 0.259. The van der Waals surface area contributed by atoms with Gasteiger partial charge in [-0.05, 0) is 73.0 Å². The second-order valence-electron chi connectivity index (χ2n) is 9.35. The van der Waals surface area contributed by atoms with E-state index in [1.807, 2.05) is 47.4 Å². The average molecular weight is 516 g/mol. The molecule has 0 bridgehead atoms. The van der Waals surface area contributed by atoms with Gasteiger partial charge in [-0.2, -0.15) is 10.2 Å². The number of rotatable bonds is 6. The molecule has 2 atom stereocenters. The molecule has 37 heavy (non-hydrogen) atoms. The predicted molar refractivity (Wildman–Crippen MR) is 140 cm³/mol. The number of nitrogens with zero attached hydrogens (tertiary/aromatic N) is 6. The van der Waals surface area contributed by atoms with E-state index < -0.39 is 0 Å². The first-order valence-electron chi connectivity index (χ1n) is 12.3. The van der Waals surface area contributed by atoms with Crippen molar-refractivity contribution in [1.29, 1.82) is 0 Å². The minimum atomic E-state index is -0.0977. The number of nitrogens with one attached hydrogen (secondary N) is 1. The number of carbonyl (C=O) groups is 1. The normalized spacial score (nSPS) is 19.1. The van der Waals surface area contributed by atoms with Gasteiger partial charge < -0.3 is 15.0 Å². The van der Waals surface area contributed by atoms with Crippen LogP contribution in [0.25, 0.3) is 5.82 Å². The summed E-state index contributed by atoms with van der Waals surface area (Å²) in [6.45, 7) is 3.32. The number of hydrogen-bond donors (Lipinski definition) is 1. The van der Waals surface area contributed by atoms with Gasteiger partial charge in [0, 0.05) is 30.7 Å². The molecule has 0 aliphatic carbocycles. The number of ether oxygens (including phenoxy) is 1. The Morgan fingerprint density at radius 1 is 1.03 bits per heavy atom. The zero-order valence-corrected chi connectivity index (χ0v) is 20.8. The maximum absolute atomic E-state index is 13.0. The second-order valence-corrected chi connectivity index (χ2v) is 9.79. The monoisotopic (exact) mass is 515 g/mol. The van der Waals surface area contributed by atoms with Crippen LogP contribution in [0.4, 0.5) is 10.5 Å². The first-order valence-corrected chi connectivity index (χ1v) is 12.6. The number of carbonyl (C=O) groups excluding carboxylic acids is 1. The van der Waals surface area contributed by atoms with Gasteiger partial charge in [0.1, 0.15) is 11.5 Å². The first kappa shape index (κ1) is 23.4. The van der Waals surface area contributed by atoms with Gasteiger partial charge in [-0.25, -0.2) is 9.78 Å². The van der Waals surface area contributed by atoms with Gasteiger partial charge in [0.05, 0.1) is 24.3 Å². The lowest BCUT2D eigenvalue weighted by atomic mass is 10.0. The summed E-state index contributed by atoms with van der Waals surface area (Å²) in [6, 6.07) is 19.4. The lowest BCUT2D eigenvalue weighted by Crippen LogP contribution is -2.38. The summed E-state index contributed by atoms with van der Waals surface area (Å²) in [5.74, 6) is 2.62. The van der Waals surface area contributed by atoms with E-state index in [0.717, 1.165) is 37.6 Å². The molecule has 9 nitrogen and oxygen atoms in total. The van der Waals surface area contributed by atoms with E-state index in [1.54, 1.807) is 24.7 Å². The van der Waals surface area contributed by atoms with Gasteiger partial charge in [0.15, 0.2) is 5.82 Å². The van der Waals surface area contributed by atoms with Crippen LogP contribution in [0.5, 0.6) is 11.5 Å². The van der Waals surface area contributed by atoms with Crippen molar-refractivity contribution in [2.75, 3.05) is 25.0 Å². The fourth-order valence-corrected chi connectivity index (χ4v) is 5.23. The number of aromatic nitrogens is 4. The van der Waals surface area contributed by atoms with E-state index in [2.05, 4.69) is 37.5 Å². The number of fused-ring (bicyclic) bond motifs is 1. The van der Waals surface area contributed by atoms with Crippen molar-refractivity contribution in [2.45, 2.75) is 19.0 Å². The van der Waals surface area contributed by atoms with Gasteiger partial charge in [-0.15, -0.1) is 4.80 Å². The van der Waals surface area contributed by atoms with Gasteiger partial charge in [0.25, 0.3) is 0 Å². The van der Waals surface area contributed by atoms with Crippen LogP contribution in [0.2, 0.25) is 5.02 Å². The Balaban J connectivity index is 1.05. The van der Waals surface area contributed by atoms with Crippen LogP contribution < -0.4 is 10.1 Å². The van der Waals surface area contributed by atoms with Crippen LogP contribution >= 0.6 is 11.6 Å². The summed E-state index contributed by atoms with van der Waals surface area (Å²) < 4.78 is 6.01. The molecule has 2 aromatic carbocycles. The van der Waals surface area contributed by atoms with Gasteiger partial charge in [0.2, 0.25) is 0 Å². The number of urea groups is 1. The summed E-state index contributed by atoms with van der Waals surface area (Å²) >= 11 is 5.98. The van der Waals surface area contributed by atoms with Crippen LogP contribution in [0.1, 0.15) is 12.0 Å². The molecule has 4 aromatic rings. The smallest absolute Gasteiger partial charge is 0.321 e. The van der Waals surface area contributed by atoms with E-state index >= 15 is 0 Å². The molecule has 188 valence electrons. The Morgan fingerprint density at radius 3 is 2.65 bits per heavy atom. The van der Waals surface area contributed by atoms with E-state index in [1.165, 1.54) is 10.4 Å². The fourth-order valence-electron chi connectivity index (χ4n) is 5.11. The molecular formula is C27H26ClN7O2. The van der Waals surface area contributed by atoms with Crippen molar-refractivity contribution in [1.82, 2.24) is 29.8 Å². The highest BCUT2D eigenvalue weighted by Gasteiger charge is 2.42. The summed E-state index contributed by atoms with van der Waals surface area (Å²) in [7, 11) is 0. The predicted octanol–water partition coefficient (Wildman–Crippen LogP) is 4.85. The highest BCUT2D eigenvalue weighted by atomic mass is 35.5. The molecule has 0 saturated carbocycles. The summed E-state index contributed by atoms with van der Waals surface area (Å²) in [6.07, 6.45) is 5.90. The van der Waals surface area contributed by atoms with Crippen LogP contribution in [0, 0.1) is 5.92 Å². The van der Waals surface area contributed by atoms with Gasteiger partial charge in [-0.3, -0.25) is 4.90 Å². The van der Waals surface area contributed by atoms with Crippen LogP contribution in [-0.4, -0.2) is 61.5 Å². The third-order valence-corrected chi connectivity index (χ3v) is 7.16. The van der Waals surface area contributed by atoms with Crippen LogP contribution in [0.15, 0.2) is 79.3 Å². The third-order valence-electron chi connectivity index (χ3n) is 6.91. The van der Waals surface area contributed by atoms with Crippen LogP contribution in [-0.2, 0) is 6.54 Å². The number of benzene rings is 2. The molecule has 4 heterocycles. The van der Waals surface area contributed by atoms with Crippen molar-refractivity contribution in [3.05, 3.63) is 89.8 Å². The highest BCUT2D eigenvalue weighted by Crippen LogP contribution is 2.33. The minimum absolute atomic E-state index is 0.0977. The number of halogens is 1. The van der Waals surface area contributed by atoms with E-state index in [9.17, 15) is 4.79 Å².